The fourth-order valence-electron chi connectivity index (χ4n) is 2.67. The molecule has 1 atom stereocenters. The second kappa shape index (κ2) is 2.37. The van der Waals surface area contributed by atoms with E-state index in [1.165, 1.54) is 24.0 Å². The molecule has 0 radical (unpaired) electrons. The van der Waals surface area contributed by atoms with Crippen LogP contribution in [-0.2, 0) is 5.41 Å². The van der Waals surface area contributed by atoms with Crippen molar-refractivity contribution in [2.45, 2.75) is 30.7 Å². The van der Waals surface area contributed by atoms with Gasteiger partial charge in [-0.2, -0.15) is 5.26 Å². The second-order valence-electron chi connectivity index (χ2n) is 4.50. The average Bonchev–Trinajstić information content (AvgIpc) is 2.91. The van der Waals surface area contributed by atoms with Crippen molar-refractivity contribution in [1.82, 2.24) is 0 Å². The van der Waals surface area contributed by atoms with E-state index in [2.05, 4.69) is 6.07 Å². The third kappa shape index (κ3) is 0.880. The first kappa shape index (κ1) is 8.02. The number of nitrogens with two attached hydrogens (primary N) is 1. The highest BCUT2D eigenvalue weighted by Crippen LogP contribution is 2.59. The molecule has 1 spiro atoms. The Bertz CT molecular complexity index is 438. The lowest BCUT2D eigenvalue weighted by atomic mass is 9.97. The van der Waals surface area contributed by atoms with E-state index in [4.69, 9.17) is 11.0 Å². The van der Waals surface area contributed by atoms with Gasteiger partial charge < -0.3 is 5.73 Å². The molecule has 2 aliphatic rings. The first-order chi connectivity index (χ1) is 6.75. The number of rotatable bonds is 0. The zero-order valence-electron chi connectivity index (χ0n) is 7.96. The van der Waals surface area contributed by atoms with Gasteiger partial charge in [-0.3, -0.25) is 0 Å². The van der Waals surface area contributed by atoms with Gasteiger partial charge in [-0.05, 0) is 47.9 Å². The minimum Gasteiger partial charge on any atom is -0.324 e. The van der Waals surface area contributed by atoms with E-state index in [1.807, 2.05) is 18.2 Å². The number of hydrogen-bond donors (Lipinski definition) is 1. The fraction of sp³-hybridized carbons (Fsp3) is 0.417. The number of nitriles is 1. The minimum atomic E-state index is 0.195. The molecule has 0 unspecified atom stereocenters. The minimum absolute atomic E-state index is 0.195. The summed E-state index contributed by atoms with van der Waals surface area (Å²) in [4.78, 5) is 0. The van der Waals surface area contributed by atoms with Crippen LogP contribution in [0.5, 0.6) is 0 Å². The molecule has 0 aliphatic heterocycles. The van der Waals surface area contributed by atoms with Crippen molar-refractivity contribution in [3.8, 4) is 6.07 Å². The van der Waals surface area contributed by atoms with Gasteiger partial charge in [0.25, 0.3) is 0 Å². The molecule has 1 saturated carbocycles. The van der Waals surface area contributed by atoms with Crippen LogP contribution in [0, 0.1) is 11.3 Å². The van der Waals surface area contributed by atoms with Crippen LogP contribution in [0.3, 0.4) is 0 Å². The van der Waals surface area contributed by atoms with Gasteiger partial charge in [-0.25, -0.2) is 0 Å². The number of hydrogen-bond acceptors (Lipinski definition) is 2. The summed E-state index contributed by atoms with van der Waals surface area (Å²) >= 11 is 0. The number of fused-ring (bicyclic) bond motifs is 2. The molecule has 0 saturated heterocycles. The Kier molecular flexibility index (Phi) is 1.36. The smallest absolute Gasteiger partial charge is 0.0991 e. The van der Waals surface area contributed by atoms with Crippen molar-refractivity contribution in [2.75, 3.05) is 0 Å². The van der Waals surface area contributed by atoms with Crippen LogP contribution < -0.4 is 5.73 Å². The van der Waals surface area contributed by atoms with Gasteiger partial charge in [-0.15, -0.1) is 0 Å². The van der Waals surface area contributed by atoms with Crippen molar-refractivity contribution >= 4 is 0 Å². The first-order valence-electron chi connectivity index (χ1n) is 5.05. The maximum atomic E-state index is 8.84. The molecule has 1 fully saturated rings. The predicted octanol–water partition coefficient (Wildman–Crippen LogP) is 1.99. The van der Waals surface area contributed by atoms with Crippen LogP contribution in [0.2, 0.25) is 0 Å². The molecule has 1 aromatic rings. The Morgan fingerprint density at radius 3 is 2.86 bits per heavy atom. The summed E-state index contributed by atoms with van der Waals surface area (Å²) in [5, 5.41) is 8.84. The molecule has 3 rings (SSSR count). The predicted molar refractivity (Wildman–Crippen MR) is 53.6 cm³/mol. The summed E-state index contributed by atoms with van der Waals surface area (Å²) in [6, 6.07) is 8.34. The molecule has 70 valence electrons. The molecule has 0 amide bonds. The van der Waals surface area contributed by atoms with Crippen molar-refractivity contribution in [3.05, 3.63) is 34.9 Å². The summed E-state index contributed by atoms with van der Waals surface area (Å²) in [5.41, 5.74) is 9.82. The van der Waals surface area contributed by atoms with E-state index >= 15 is 0 Å². The van der Waals surface area contributed by atoms with Gasteiger partial charge in [0.2, 0.25) is 0 Å². The summed E-state index contributed by atoms with van der Waals surface area (Å²) in [5.74, 6) is 0. The maximum Gasteiger partial charge on any atom is 0.0991 e. The summed E-state index contributed by atoms with van der Waals surface area (Å²) in [6.45, 7) is 0. The zero-order chi connectivity index (χ0) is 9.76. The molecular weight excluding hydrogens is 172 g/mol. The van der Waals surface area contributed by atoms with E-state index in [0.717, 1.165) is 12.0 Å². The van der Waals surface area contributed by atoms with Crippen LogP contribution in [-0.4, -0.2) is 0 Å². The van der Waals surface area contributed by atoms with E-state index in [0.29, 0.717) is 5.41 Å². The molecule has 2 N–H and O–H groups in total. The molecular formula is C12H12N2. The van der Waals surface area contributed by atoms with Gasteiger partial charge in [0.05, 0.1) is 11.6 Å². The number of nitrogens with zero attached hydrogens (tertiary/aromatic N) is 1. The normalized spacial score (nSPS) is 25.9. The largest absolute Gasteiger partial charge is 0.324 e. The number of benzene rings is 1. The third-order valence-electron chi connectivity index (χ3n) is 3.62. The lowest BCUT2D eigenvalue weighted by Gasteiger charge is -2.06. The summed E-state index contributed by atoms with van der Waals surface area (Å²) < 4.78 is 0. The zero-order valence-corrected chi connectivity index (χ0v) is 7.96. The van der Waals surface area contributed by atoms with Crippen LogP contribution in [0.15, 0.2) is 18.2 Å². The SMILES string of the molecule is N#Cc1ccc2c(c1)C1(CC1)C[C@@H]2N. The Morgan fingerprint density at radius 1 is 1.43 bits per heavy atom. The third-order valence-corrected chi connectivity index (χ3v) is 3.62. The maximum absolute atomic E-state index is 8.84. The molecule has 0 heterocycles. The van der Waals surface area contributed by atoms with Crippen molar-refractivity contribution in [1.29, 1.82) is 5.26 Å². The summed E-state index contributed by atoms with van der Waals surface area (Å²) in [7, 11) is 0. The van der Waals surface area contributed by atoms with Gasteiger partial charge in [0.15, 0.2) is 0 Å². The molecule has 0 aromatic heterocycles. The van der Waals surface area contributed by atoms with Crippen molar-refractivity contribution in [2.24, 2.45) is 5.73 Å². The van der Waals surface area contributed by atoms with Gasteiger partial charge in [0, 0.05) is 6.04 Å². The first-order valence-corrected chi connectivity index (χ1v) is 5.05. The lowest BCUT2D eigenvalue weighted by Crippen LogP contribution is -2.07. The van der Waals surface area contributed by atoms with Gasteiger partial charge in [0.1, 0.15) is 0 Å². The van der Waals surface area contributed by atoms with E-state index in [9.17, 15) is 0 Å². The molecule has 2 aliphatic carbocycles. The second-order valence-corrected chi connectivity index (χ2v) is 4.50. The van der Waals surface area contributed by atoms with E-state index in [1.54, 1.807) is 0 Å². The van der Waals surface area contributed by atoms with Crippen LogP contribution in [0.1, 0.15) is 42.0 Å². The molecule has 1 aromatic carbocycles. The molecule has 0 bridgehead atoms. The monoisotopic (exact) mass is 184 g/mol. The molecule has 2 nitrogen and oxygen atoms in total. The molecule has 2 heteroatoms. The van der Waals surface area contributed by atoms with Crippen LogP contribution in [0.4, 0.5) is 0 Å². The van der Waals surface area contributed by atoms with E-state index in [-0.39, 0.29) is 6.04 Å². The quantitative estimate of drug-likeness (QED) is 0.670. The Labute approximate surface area is 83.3 Å². The topological polar surface area (TPSA) is 49.8 Å². The summed E-state index contributed by atoms with van der Waals surface area (Å²) in [6.07, 6.45) is 3.59. The van der Waals surface area contributed by atoms with Crippen molar-refractivity contribution in [3.63, 3.8) is 0 Å². The van der Waals surface area contributed by atoms with Gasteiger partial charge in [-0.1, -0.05) is 6.07 Å². The Morgan fingerprint density at radius 2 is 2.21 bits per heavy atom. The van der Waals surface area contributed by atoms with E-state index < -0.39 is 0 Å². The van der Waals surface area contributed by atoms with Crippen LogP contribution >= 0.6 is 0 Å². The van der Waals surface area contributed by atoms with Crippen molar-refractivity contribution < 1.29 is 0 Å². The molecule has 14 heavy (non-hydrogen) atoms. The highest BCUT2D eigenvalue weighted by atomic mass is 14.7. The van der Waals surface area contributed by atoms with Crippen LogP contribution in [0.25, 0.3) is 0 Å². The lowest BCUT2D eigenvalue weighted by molar-refractivity contribution is 0.597. The Balaban J connectivity index is 2.19. The van der Waals surface area contributed by atoms with Gasteiger partial charge >= 0.3 is 0 Å². The standard InChI is InChI=1S/C12H12N2/c13-7-8-1-2-9-10(5-8)12(3-4-12)6-11(9)14/h1-2,5,11H,3-4,6,14H2/t11-/m0/s1. The Hall–Kier alpha value is -1.33. The fourth-order valence-corrected chi connectivity index (χ4v) is 2.67. The highest BCUT2D eigenvalue weighted by molar-refractivity contribution is 5.50. The highest BCUT2D eigenvalue weighted by Gasteiger charge is 2.51. The average molecular weight is 184 g/mol.